The maximum atomic E-state index is 12.6. The Morgan fingerprint density at radius 1 is 0.969 bits per heavy atom. The molecule has 0 atom stereocenters. The highest BCUT2D eigenvalue weighted by Gasteiger charge is 2.18. The maximum Gasteiger partial charge on any atom is 0.332 e. The average molecular weight is 452 g/mol. The number of hydrogen-bond acceptors (Lipinski definition) is 6. The van der Waals surface area contributed by atoms with Crippen LogP contribution in [0.2, 0.25) is 0 Å². The number of imidazole rings is 1. The summed E-state index contributed by atoms with van der Waals surface area (Å²) in [6.07, 6.45) is 0. The smallest absolute Gasteiger partial charge is 0.332 e. The molecule has 10 heteroatoms. The van der Waals surface area contributed by atoms with E-state index in [9.17, 15) is 14.4 Å². The lowest BCUT2D eigenvalue weighted by Crippen LogP contribution is -2.37. The summed E-state index contributed by atoms with van der Waals surface area (Å²) in [5, 5.41) is 3.43. The molecule has 1 N–H and O–H groups in total. The van der Waals surface area contributed by atoms with Crippen LogP contribution in [0, 0.1) is 0 Å². The molecule has 0 unspecified atom stereocenters. The number of nitrogens with zero attached hydrogens (tertiary/aromatic N) is 4. The first kappa shape index (κ1) is 21.4. The van der Waals surface area contributed by atoms with Crippen LogP contribution in [0.4, 0.5) is 5.69 Å². The van der Waals surface area contributed by atoms with Crippen molar-refractivity contribution in [3.8, 4) is 5.75 Å². The summed E-state index contributed by atoms with van der Waals surface area (Å²) in [5.41, 5.74) is 0.958. The van der Waals surface area contributed by atoms with Crippen LogP contribution in [0.25, 0.3) is 11.2 Å². The zero-order chi connectivity index (χ0) is 23.0. The Morgan fingerprint density at radius 2 is 1.66 bits per heavy atom. The van der Waals surface area contributed by atoms with Gasteiger partial charge in [-0.2, -0.15) is 0 Å². The van der Waals surface area contributed by atoms with Crippen molar-refractivity contribution < 1.29 is 9.53 Å². The summed E-state index contributed by atoms with van der Waals surface area (Å²) < 4.78 is 9.34. The van der Waals surface area contributed by atoms with Crippen molar-refractivity contribution in [2.24, 2.45) is 21.1 Å². The van der Waals surface area contributed by atoms with E-state index in [2.05, 4.69) is 10.3 Å². The Hall–Kier alpha value is -3.79. The van der Waals surface area contributed by atoms with Gasteiger partial charge < -0.3 is 14.6 Å². The largest absolute Gasteiger partial charge is 0.496 e. The molecule has 0 aliphatic carbocycles. The fraction of sp³-hybridized carbons (Fsp3) is 0.182. The van der Waals surface area contributed by atoms with Crippen LogP contribution in [-0.2, 0) is 21.1 Å². The van der Waals surface area contributed by atoms with Crippen molar-refractivity contribution in [3.05, 3.63) is 74.9 Å². The van der Waals surface area contributed by atoms with Crippen molar-refractivity contribution >= 4 is 34.5 Å². The molecular weight excluding hydrogens is 430 g/mol. The quantitative estimate of drug-likeness (QED) is 0.500. The predicted octanol–water partition coefficient (Wildman–Crippen LogP) is 2.38. The third kappa shape index (κ3) is 3.69. The van der Waals surface area contributed by atoms with E-state index < -0.39 is 5.69 Å². The van der Waals surface area contributed by atoms with E-state index in [1.54, 1.807) is 55.1 Å². The molecule has 2 aromatic heterocycles. The number of aryl methyl sites for hydroxylation is 2. The number of nitrogens with one attached hydrogen (secondary N) is 1. The van der Waals surface area contributed by atoms with E-state index in [0.29, 0.717) is 33.3 Å². The van der Waals surface area contributed by atoms with Crippen LogP contribution in [0.1, 0.15) is 10.4 Å². The summed E-state index contributed by atoms with van der Waals surface area (Å²) in [6.45, 7) is 0. The Balaban J connectivity index is 1.58. The number of rotatable bonds is 5. The van der Waals surface area contributed by atoms with Crippen LogP contribution in [0.3, 0.4) is 0 Å². The van der Waals surface area contributed by atoms with Crippen LogP contribution in [-0.4, -0.2) is 31.7 Å². The van der Waals surface area contributed by atoms with Gasteiger partial charge in [-0.15, -0.1) is 0 Å². The minimum atomic E-state index is -0.424. The first-order valence-electron chi connectivity index (χ1n) is 9.66. The Bertz CT molecular complexity index is 1450. The molecule has 0 spiro atoms. The second-order valence-corrected chi connectivity index (χ2v) is 8.15. The lowest BCUT2D eigenvalue weighted by atomic mass is 10.2. The van der Waals surface area contributed by atoms with E-state index in [-0.39, 0.29) is 11.5 Å². The van der Waals surface area contributed by atoms with Crippen molar-refractivity contribution in [1.29, 1.82) is 0 Å². The minimum absolute atomic E-state index is 0.269. The van der Waals surface area contributed by atoms with Gasteiger partial charge in [-0.3, -0.25) is 18.7 Å². The van der Waals surface area contributed by atoms with Gasteiger partial charge in [0.25, 0.3) is 11.5 Å². The molecule has 0 bridgehead atoms. The maximum absolute atomic E-state index is 12.6. The average Bonchev–Trinajstić information content (AvgIpc) is 3.13. The molecule has 0 fully saturated rings. The van der Waals surface area contributed by atoms with Crippen molar-refractivity contribution in [2.75, 3.05) is 12.4 Å². The van der Waals surface area contributed by atoms with E-state index in [1.807, 2.05) is 12.1 Å². The number of ether oxygens (including phenoxy) is 1. The predicted molar refractivity (Wildman–Crippen MR) is 123 cm³/mol. The summed E-state index contributed by atoms with van der Waals surface area (Å²) in [4.78, 5) is 42.6. The number of hydrogen-bond donors (Lipinski definition) is 1. The van der Waals surface area contributed by atoms with E-state index >= 15 is 0 Å². The zero-order valence-electron chi connectivity index (χ0n) is 17.9. The summed E-state index contributed by atoms with van der Waals surface area (Å²) in [5.74, 6) is 0.231. The molecule has 1 amide bonds. The molecule has 32 heavy (non-hydrogen) atoms. The highest BCUT2D eigenvalue weighted by molar-refractivity contribution is 7.99. The Labute approximate surface area is 187 Å². The zero-order valence-corrected chi connectivity index (χ0v) is 18.8. The van der Waals surface area contributed by atoms with Crippen LogP contribution < -0.4 is 21.3 Å². The molecule has 9 nitrogen and oxygen atoms in total. The van der Waals surface area contributed by atoms with Gasteiger partial charge in [-0.05, 0) is 36.4 Å². The van der Waals surface area contributed by atoms with Gasteiger partial charge in [0.15, 0.2) is 16.3 Å². The number of benzene rings is 2. The molecule has 0 aliphatic heterocycles. The molecule has 2 aromatic carbocycles. The van der Waals surface area contributed by atoms with Crippen molar-refractivity contribution in [1.82, 2.24) is 18.7 Å². The summed E-state index contributed by atoms with van der Waals surface area (Å²) >= 11 is 1.35. The molecule has 0 saturated carbocycles. The van der Waals surface area contributed by atoms with E-state index in [1.165, 1.54) is 30.5 Å². The van der Waals surface area contributed by atoms with Gasteiger partial charge >= 0.3 is 5.69 Å². The summed E-state index contributed by atoms with van der Waals surface area (Å²) in [7, 11) is 6.30. The Kier molecular flexibility index (Phi) is 5.62. The standard InChI is InChI=1S/C22H21N5O4S/c1-25-17-18(26(2)22(30)27(3)20(17)29)24-21(25)32-14-11-9-13(10-12-14)23-19(28)15-7-5-6-8-16(15)31-4/h5-12H,1-4H3,(H,23,28). The molecule has 0 aliphatic rings. The SMILES string of the molecule is COc1ccccc1C(=O)Nc1ccc(Sc2nc3c(c(=O)n(C)c(=O)n3C)n2C)cc1. The second-order valence-electron chi connectivity index (χ2n) is 7.11. The highest BCUT2D eigenvalue weighted by Crippen LogP contribution is 2.29. The van der Waals surface area contributed by atoms with Crippen LogP contribution in [0.5, 0.6) is 5.75 Å². The molecule has 164 valence electrons. The van der Waals surface area contributed by atoms with Gasteiger partial charge in [0, 0.05) is 31.7 Å². The number of fused-ring (bicyclic) bond motifs is 1. The number of carbonyl (C=O) groups is 1. The fourth-order valence-corrected chi connectivity index (χ4v) is 4.18. The highest BCUT2D eigenvalue weighted by atomic mass is 32.2. The summed E-state index contributed by atoms with van der Waals surface area (Å²) in [6, 6.07) is 14.3. The number of methoxy groups -OCH3 is 1. The van der Waals surface area contributed by atoms with Gasteiger partial charge in [0.1, 0.15) is 5.75 Å². The lowest BCUT2D eigenvalue weighted by Gasteiger charge is -2.09. The number of anilines is 1. The van der Waals surface area contributed by atoms with Gasteiger partial charge in [0.05, 0.1) is 12.7 Å². The number of aromatic nitrogens is 4. The molecule has 4 rings (SSSR count). The monoisotopic (exact) mass is 451 g/mol. The van der Waals surface area contributed by atoms with Gasteiger partial charge in [-0.1, -0.05) is 23.9 Å². The molecule has 2 heterocycles. The van der Waals surface area contributed by atoms with Crippen LogP contribution >= 0.6 is 11.8 Å². The third-order valence-corrected chi connectivity index (χ3v) is 6.16. The van der Waals surface area contributed by atoms with Gasteiger partial charge in [-0.25, -0.2) is 9.78 Å². The first-order chi connectivity index (χ1) is 15.3. The topological polar surface area (TPSA) is 100 Å². The molecule has 0 saturated heterocycles. The first-order valence-corrected chi connectivity index (χ1v) is 10.5. The molecule has 0 radical (unpaired) electrons. The van der Waals surface area contributed by atoms with Gasteiger partial charge in [0.2, 0.25) is 0 Å². The number of para-hydroxylation sites is 1. The number of amides is 1. The third-order valence-electron chi connectivity index (χ3n) is 5.11. The normalized spacial score (nSPS) is 11.0. The van der Waals surface area contributed by atoms with E-state index in [4.69, 9.17) is 4.74 Å². The molecular formula is C22H21N5O4S. The number of carbonyl (C=O) groups excluding carboxylic acids is 1. The fourth-order valence-electron chi connectivity index (χ4n) is 3.33. The lowest BCUT2D eigenvalue weighted by molar-refractivity contribution is 0.102. The second kappa shape index (κ2) is 8.39. The van der Waals surface area contributed by atoms with Crippen molar-refractivity contribution in [3.63, 3.8) is 0 Å². The van der Waals surface area contributed by atoms with E-state index in [0.717, 1.165) is 9.46 Å². The minimum Gasteiger partial charge on any atom is -0.496 e. The molecule has 4 aromatic rings. The Morgan fingerprint density at radius 3 is 2.34 bits per heavy atom. The van der Waals surface area contributed by atoms with Crippen LogP contribution in [0.15, 0.2) is 68.2 Å². The van der Waals surface area contributed by atoms with Crippen molar-refractivity contribution in [2.45, 2.75) is 10.1 Å².